The largest absolute Gasteiger partial charge is 0.389 e. The number of rotatable bonds is 6. The van der Waals surface area contributed by atoms with Gasteiger partial charge in [-0.15, -0.1) is 0 Å². The summed E-state index contributed by atoms with van der Waals surface area (Å²) in [6.07, 6.45) is 20.6. The maximum atomic E-state index is 10.3. The standard InChI is InChI=1S/C10H19NO.C9H17NO.C9H19NO.C2H6/c12-10(6-2-1-3-7-10)9-5-4-8-11-9;11-9(5-1-2-6-9)8-4-3-7-10-8;1-2-7-10-8-9(11)5-3-4-6-9;1-2/h9,11-12H,1-8H2;8,10-11H,1-7H2;10-11H,2-8H2,1H3;1-2H3/t;8-;;/m.0../s1. The second kappa shape index (κ2) is 16.7. The minimum absolute atomic E-state index is 0.337. The molecule has 5 fully saturated rings. The van der Waals surface area contributed by atoms with Crippen LogP contribution in [0.2, 0.25) is 0 Å². The summed E-state index contributed by atoms with van der Waals surface area (Å²) in [6, 6.07) is 0.808. The van der Waals surface area contributed by atoms with E-state index in [4.69, 9.17) is 0 Å². The summed E-state index contributed by atoms with van der Waals surface area (Å²) in [7, 11) is 0. The minimum Gasteiger partial charge on any atom is -0.389 e. The van der Waals surface area contributed by atoms with Gasteiger partial charge in [-0.25, -0.2) is 0 Å². The van der Waals surface area contributed by atoms with Crippen molar-refractivity contribution in [1.29, 1.82) is 0 Å². The highest BCUT2D eigenvalue weighted by Gasteiger charge is 2.40. The monoisotopic (exact) mass is 511 g/mol. The van der Waals surface area contributed by atoms with Gasteiger partial charge in [-0.2, -0.15) is 0 Å². The SMILES string of the molecule is CC.CCCNCC1(O)CCCC1.OC1(C2CCCN2)CCCCC1.OC1([C@@H]2CCCN2)CCCC1. The molecule has 6 N–H and O–H groups in total. The Hall–Kier alpha value is -0.240. The molecule has 2 heterocycles. The molecule has 6 nitrogen and oxygen atoms in total. The zero-order valence-electron chi connectivity index (χ0n) is 24.1. The molecule has 0 aromatic carbocycles. The lowest BCUT2D eigenvalue weighted by Gasteiger charge is -2.37. The maximum absolute atomic E-state index is 10.3. The maximum Gasteiger partial charge on any atom is 0.0800 e. The van der Waals surface area contributed by atoms with Crippen molar-refractivity contribution in [2.24, 2.45) is 0 Å². The second-order valence-electron chi connectivity index (χ2n) is 11.9. The molecule has 0 bridgehead atoms. The molecule has 0 aromatic rings. The lowest BCUT2D eigenvalue weighted by molar-refractivity contribution is -0.0250. The molecule has 1 unspecified atom stereocenters. The lowest BCUT2D eigenvalue weighted by atomic mass is 9.79. The van der Waals surface area contributed by atoms with Crippen LogP contribution in [0.1, 0.15) is 136 Å². The fraction of sp³-hybridized carbons (Fsp3) is 1.00. The van der Waals surface area contributed by atoms with Gasteiger partial charge >= 0.3 is 0 Å². The van der Waals surface area contributed by atoms with Crippen molar-refractivity contribution in [3.63, 3.8) is 0 Å². The number of hydrogen-bond donors (Lipinski definition) is 6. The Morgan fingerprint density at radius 3 is 1.44 bits per heavy atom. The third-order valence-electron chi connectivity index (χ3n) is 9.02. The Bertz CT molecular complexity index is 544. The molecule has 36 heavy (non-hydrogen) atoms. The Kier molecular flexibility index (Phi) is 14.8. The van der Waals surface area contributed by atoms with E-state index >= 15 is 0 Å². The van der Waals surface area contributed by atoms with Crippen LogP contribution in [0.4, 0.5) is 0 Å². The van der Waals surface area contributed by atoms with E-state index in [2.05, 4.69) is 22.9 Å². The summed E-state index contributed by atoms with van der Waals surface area (Å²) < 4.78 is 0. The van der Waals surface area contributed by atoms with E-state index in [1.807, 2.05) is 13.8 Å². The first-order chi connectivity index (χ1) is 17.4. The van der Waals surface area contributed by atoms with Gasteiger partial charge in [-0.05, 0) is 90.3 Å². The van der Waals surface area contributed by atoms with Gasteiger partial charge in [0.25, 0.3) is 0 Å². The lowest BCUT2D eigenvalue weighted by Crippen LogP contribution is -2.48. The number of nitrogens with one attached hydrogen (secondary N) is 3. The quantitative estimate of drug-likeness (QED) is 0.287. The molecule has 3 saturated carbocycles. The Morgan fingerprint density at radius 2 is 1.06 bits per heavy atom. The predicted molar refractivity (Wildman–Crippen MR) is 151 cm³/mol. The highest BCUT2D eigenvalue weighted by Crippen LogP contribution is 2.35. The van der Waals surface area contributed by atoms with E-state index in [0.29, 0.717) is 12.1 Å². The van der Waals surface area contributed by atoms with Crippen LogP contribution in [-0.2, 0) is 0 Å². The van der Waals surface area contributed by atoms with Crippen molar-refractivity contribution in [2.75, 3.05) is 26.2 Å². The van der Waals surface area contributed by atoms with E-state index in [-0.39, 0.29) is 16.8 Å². The topological polar surface area (TPSA) is 96.8 Å². The van der Waals surface area contributed by atoms with Crippen LogP contribution in [0.15, 0.2) is 0 Å². The smallest absolute Gasteiger partial charge is 0.0800 e. The molecular formula is C30H61N3O3. The molecule has 5 rings (SSSR count). The first-order valence-electron chi connectivity index (χ1n) is 15.7. The summed E-state index contributed by atoms with van der Waals surface area (Å²) in [6.45, 7) is 10.2. The average molecular weight is 512 g/mol. The summed E-state index contributed by atoms with van der Waals surface area (Å²) in [4.78, 5) is 0. The molecule has 2 aliphatic heterocycles. The highest BCUT2D eigenvalue weighted by molar-refractivity contribution is 4.97. The molecule has 214 valence electrons. The summed E-state index contributed by atoms with van der Waals surface area (Å²) >= 11 is 0. The molecule has 5 aliphatic rings. The molecule has 3 aliphatic carbocycles. The van der Waals surface area contributed by atoms with Crippen molar-refractivity contribution in [3.8, 4) is 0 Å². The summed E-state index contributed by atoms with van der Waals surface area (Å²) in [5.74, 6) is 0. The van der Waals surface area contributed by atoms with Crippen molar-refractivity contribution in [3.05, 3.63) is 0 Å². The molecule has 2 atom stereocenters. The van der Waals surface area contributed by atoms with Gasteiger partial charge in [0.15, 0.2) is 0 Å². The van der Waals surface area contributed by atoms with Crippen molar-refractivity contribution in [2.45, 2.75) is 165 Å². The van der Waals surface area contributed by atoms with E-state index in [1.54, 1.807) is 0 Å². The molecule has 2 saturated heterocycles. The highest BCUT2D eigenvalue weighted by atomic mass is 16.3. The predicted octanol–water partition coefficient (Wildman–Crippen LogP) is 4.79. The van der Waals surface area contributed by atoms with E-state index < -0.39 is 0 Å². The van der Waals surface area contributed by atoms with Gasteiger partial charge in [-0.1, -0.05) is 65.7 Å². The molecule has 0 spiro atoms. The van der Waals surface area contributed by atoms with E-state index in [9.17, 15) is 15.3 Å². The van der Waals surface area contributed by atoms with Crippen LogP contribution in [0.25, 0.3) is 0 Å². The van der Waals surface area contributed by atoms with Crippen LogP contribution >= 0.6 is 0 Å². The zero-order valence-corrected chi connectivity index (χ0v) is 24.1. The summed E-state index contributed by atoms with van der Waals surface area (Å²) in [5, 5.41) is 40.4. The van der Waals surface area contributed by atoms with Gasteiger partial charge in [0.2, 0.25) is 0 Å². The first-order valence-corrected chi connectivity index (χ1v) is 15.7. The Morgan fingerprint density at radius 1 is 0.639 bits per heavy atom. The third kappa shape index (κ3) is 10.1. The first kappa shape index (κ1) is 32.0. The van der Waals surface area contributed by atoms with Gasteiger partial charge in [0.1, 0.15) is 0 Å². The summed E-state index contributed by atoms with van der Waals surface area (Å²) in [5.41, 5.74) is -1.06. The molecular weight excluding hydrogens is 450 g/mol. The van der Waals surface area contributed by atoms with Crippen molar-refractivity contribution in [1.82, 2.24) is 16.0 Å². The van der Waals surface area contributed by atoms with Crippen molar-refractivity contribution >= 4 is 0 Å². The molecule has 0 amide bonds. The zero-order chi connectivity index (χ0) is 26.3. The van der Waals surface area contributed by atoms with Crippen LogP contribution in [-0.4, -0.2) is 70.4 Å². The second-order valence-corrected chi connectivity index (χ2v) is 11.9. The number of hydrogen-bond acceptors (Lipinski definition) is 6. The average Bonchev–Trinajstić information content (AvgIpc) is 3.71. The van der Waals surface area contributed by atoms with Crippen LogP contribution < -0.4 is 16.0 Å². The van der Waals surface area contributed by atoms with E-state index in [0.717, 1.165) is 71.1 Å². The van der Waals surface area contributed by atoms with Crippen molar-refractivity contribution < 1.29 is 15.3 Å². The number of aliphatic hydroxyl groups is 3. The Balaban J connectivity index is 0.000000184. The fourth-order valence-corrected chi connectivity index (χ4v) is 6.84. The fourth-order valence-electron chi connectivity index (χ4n) is 6.84. The van der Waals surface area contributed by atoms with Gasteiger partial charge < -0.3 is 31.3 Å². The Labute approximate surface area is 222 Å². The van der Waals surface area contributed by atoms with Crippen LogP contribution in [0, 0.1) is 0 Å². The minimum atomic E-state index is -0.366. The third-order valence-corrected chi connectivity index (χ3v) is 9.02. The molecule has 0 radical (unpaired) electrons. The van der Waals surface area contributed by atoms with E-state index in [1.165, 1.54) is 70.6 Å². The van der Waals surface area contributed by atoms with Gasteiger partial charge in [0, 0.05) is 18.6 Å². The molecule has 0 aromatic heterocycles. The van der Waals surface area contributed by atoms with Crippen LogP contribution in [0.5, 0.6) is 0 Å². The van der Waals surface area contributed by atoms with Gasteiger partial charge in [0.05, 0.1) is 16.8 Å². The normalized spacial score (nSPS) is 29.8. The van der Waals surface area contributed by atoms with Crippen LogP contribution in [0.3, 0.4) is 0 Å². The van der Waals surface area contributed by atoms with Gasteiger partial charge in [-0.3, -0.25) is 0 Å². The molecule has 6 heteroatoms.